The zero-order chi connectivity index (χ0) is 11.4. The van der Waals surface area contributed by atoms with Crippen LogP contribution in [0.2, 0.25) is 0 Å². The van der Waals surface area contributed by atoms with E-state index in [1.165, 1.54) is 45.3 Å². The van der Waals surface area contributed by atoms with Gasteiger partial charge in [0.1, 0.15) is 0 Å². The Kier molecular flexibility index (Phi) is 4.62. The van der Waals surface area contributed by atoms with E-state index in [1.807, 2.05) is 0 Å². The van der Waals surface area contributed by atoms with E-state index in [1.54, 1.807) is 0 Å². The molecule has 3 nitrogen and oxygen atoms in total. The molecular formula is C13H26N2O. The van der Waals surface area contributed by atoms with Gasteiger partial charge in [0.05, 0.1) is 0 Å². The minimum atomic E-state index is 0.324. The van der Waals surface area contributed by atoms with Gasteiger partial charge < -0.3 is 14.9 Å². The molecule has 1 aliphatic heterocycles. The fourth-order valence-electron chi connectivity index (χ4n) is 2.71. The molecule has 1 saturated heterocycles. The van der Waals surface area contributed by atoms with Gasteiger partial charge >= 0.3 is 0 Å². The summed E-state index contributed by atoms with van der Waals surface area (Å²) < 4.78 is 0. The molecule has 2 rings (SSSR count). The van der Waals surface area contributed by atoms with Gasteiger partial charge in [0.15, 0.2) is 0 Å². The molecule has 3 heteroatoms. The smallest absolute Gasteiger partial charge is 0.0443 e. The van der Waals surface area contributed by atoms with E-state index in [2.05, 4.69) is 16.8 Å². The zero-order valence-corrected chi connectivity index (χ0v) is 10.6. The molecular weight excluding hydrogens is 200 g/mol. The van der Waals surface area contributed by atoms with Gasteiger partial charge in [-0.05, 0) is 58.2 Å². The number of aliphatic hydroxyl groups excluding tert-OH is 1. The second-order valence-electron chi connectivity index (χ2n) is 5.53. The summed E-state index contributed by atoms with van der Waals surface area (Å²) in [5.74, 6) is 1.03. The van der Waals surface area contributed by atoms with E-state index in [0.29, 0.717) is 6.61 Å². The topological polar surface area (TPSA) is 26.7 Å². The number of piperidine rings is 1. The quantitative estimate of drug-likeness (QED) is 0.736. The highest BCUT2D eigenvalue weighted by atomic mass is 16.3. The third-order valence-electron chi connectivity index (χ3n) is 4.06. The van der Waals surface area contributed by atoms with Crippen molar-refractivity contribution in [1.29, 1.82) is 0 Å². The third kappa shape index (κ3) is 3.72. The summed E-state index contributed by atoms with van der Waals surface area (Å²) in [4.78, 5) is 5.08. The van der Waals surface area contributed by atoms with Crippen molar-refractivity contribution in [2.24, 2.45) is 5.92 Å². The van der Waals surface area contributed by atoms with Crippen LogP contribution in [0.5, 0.6) is 0 Å². The Hall–Kier alpha value is -0.120. The van der Waals surface area contributed by atoms with Crippen LogP contribution in [0.25, 0.3) is 0 Å². The minimum absolute atomic E-state index is 0.324. The molecule has 0 atom stereocenters. The van der Waals surface area contributed by atoms with Crippen molar-refractivity contribution in [1.82, 2.24) is 9.80 Å². The lowest BCUT2D eigenvalue weighted by Crippen LogP contribution is -2.44. The molecule has 0 aromatic heterocycles. The van der Waals surface area contributed by atoms with Gasteiger partial charge in [0.25, 0.3) is 0 Å². The zero-order valence-electron chi connectivity index (χ0n) is 10.6. The van der Waals surface area contributed by atoms with Crippen molar-refractivity contribution in [2.75, 3.05) is 39.8 Å². The van der Waals surface area contributed by atoms with Crippen LogP contribution in [-0.2, 0) is 0 Å². The van der Waals surface area contributed by atoms with Crippen molar-refractivity contribution in [3.05, 3.63) is 0 Å². The number of hydrogen-bond acceptors (Lipinski definition) is 3. The SMILES string of the molecule is CN(CCCO)C1CCN(CC2CC2)CC1. The van der Waals surface area contributed by atoms with Crippen LogP contribution in [0, 0.1) is 5.92 Å². The van der Waals surface area contributed by atoms with Crippen LogP contribution in [0.4, 0.5) is 0 Å². The van der Waals surface area contributed by atoms with Crippen LogP contribution >= 0.6 is 0 Å². The first-order valence-electron chi connectivity index (χ1n) is 6.83. The lowest BCUT2D eigenvalue weighted by Gasteiger charge is -2.36. The highest BCUT2D eigenvalue weighted by molar-refractivity contribution is 4.83. The predicted molar refractivity (Wildman–Crippen MR) is 66.5 cm³/mol. The van der Waals surface area contributed by atoms with E-state index < -0.39 is 0 Å². The fourth-order valence-corrected chi connectivity index (χ4v) is 2.71. The maximum Gasteiger partial charge on any atom is 0.0443 e. The largest absolute Gasteiger partial charge is 0.396 e. The lowest BCUT2D eigenvalue weighted by atomic mass is 10.0. The Morgan fingerprint density at radius 2 is 1.88 bits per heavy atom. The molecule has 0 radical (unpaired) electrons. The first kappa shape index (κ1) is 12.3. The Morgan fingerprint density at radius 3 is 2.44 bits per heavy atom. The van der Waals surface area contributed by atoms with Crippen molar-refractivity contribution < 1.29 is 5.11 Å². The van der Waals surface area contributed by atoms with Gasteiger partial charge in [0, 0.05) is 25.7 Å². The first-order chi connectivity index (χ1) is 7.79. The second-order valence-corrected chi connectivity index (χ2v) is 5.53. The Bertz CT molecular complexity index is 198. The molecule has 16 heavy (non-hydrogen) atoms. The summed E-state index contributed by atoms with van der Waals surface area (Å²) in [6, 6.07) is 0.752. The first-order valence-corrected chi connectivity index (χ1v) is 6.83. The molecule has 2 fully saturated rings. The van der Waals surface area contributed by atoms with Crippen LogP contribution in [0.1, 0.15) is 32.1 Å². The van der Waals surface area contributed by atoms with Crippen LogP contribution in [-0.4, -0.2) is 60.8 Å². The van der Waals surface area contributed by atoms with Crippen molar-refractivity contribution in [2.45, 2.75) is 38.1 Å². The van der Waals surface area contributed by atoms with Gasteiger partial charge in [0.2, 0.25) is 0 Å². The maximum absolute atomic E-state index is 8.83. The van der Waals surface area contributed by atoms with E-state index in [9.17, 15) is 0 Å². The summed E-state index contributed by atoms with van der Waals surface area (Å²) in [6.45, 7) is 5.29. The second kappa shape index (κ2) is 5.99. The standard InChI is InChI=1S/C13H26N2O/c1-14(7-2-10-16)13-5-8-15(9-6-13)11-12-3-4-12/h12-13,16H,2-11H2,1H3. The van der Waals surface area contributed by atoms with Gasteiger partial charge in [-0.15, -0.1) is 0 Å². The van der Waals surface area contributed by atoms with Gasteiger partial charge in [-0.25, -0.2) is 0 Å². The third-order valence-corrected chi connectivity index (χ3v) is 4.06. The molecule has 0 aromatic carbocycles. The lowest BCUT2D eigenvalue weighted by molar-refractivity contribution is 0.118. The molecule has 0 unspecified atom stereocenters. The molecule has 1 heterocycles. The average molecular weight is 226 g/mol. The number of hydrogen-bond donors (Lipinski definition) is 1. The molecule has 94 valence electrons. The molecule has 2 aliphatic rings. The Balaban J connectivity index is 1.63. The van der Waals surface area contributed by atoms with Crippen LogP contribution < -0.4 is 0 Å². The van der Waals surface area contributed by atoms with Crippen molar-refractivity contribution in [3.8, 4) is 0 Å². The van der Waals surface area contributed by atoms with Crippen molar-refractivity contribution >= 4 is 0 Å². The molecule has 1 aliphatic carbocycles. The molecule has 0 spiro atoms. The van der Waals surface area contributed by atoms with Gasteiger partial charge in [-0.2, -0.15) is 0 Å². The van der Waals surface area contributed by atoms with E-state index in [4.69, 9.17) is 5.11 Å². The fraction of sp³-hybridized carbons (Fsp3) is 1.00. The average Bonchev–Trinajstić information content (AvgIpc) is 3.11. The van der Waals surface area contributed by atoms with E-state index in [0.717, 1.165) is 24.9 Å². The molecule has 0 amide bonds. The van der Waals surface area contributed by atoms with E-state index in [-0.39, 0.29) is 0 Å². The Morgan fingerprint density at radius 1 is 1.19 bits per heavy atom. The van der Waals surface area contributed by atoms with E-state index >= 15 is 0 Å². The molecule has 0 bridgehead atoms. The summed E-state index contributed by atoms with van der Waals surface area (Å²) in [5.41, 5.74) is 0. The van der Waals surface area contributed by atoms with Gasteiger partial charge in [-0.3, -0.25) is 0 Å². The summed E-state index contributed by atoms with van der Waals surface area (Å²) in [5, 5.41) is 8.83. The number of aliphatic hydroxyl groups is 1. The van der Waals surface area contributed by atoms with Crippen molar-refractivity contribution in [3.63, 3.8) is 0 Å². The summed E-state index contributed by atoms with van der Waals surface area (Å²) >= 11 is 0. The monoisotopic (exact) mass is 226 g/mol. The normalized spacial score (nSPS) is 24.2. The number of nitrogens with zero attached hydrogens (tertiary/aromatic N) is 2. The Labute approximate surface area is 99.4 Å². The summed E-state index contributed by atoms with van der Waals surface area (Å²) in [7, 11) is 2.21. The maximum atomic E-state index is 8.83. The summed E-state index contributed by atoms with van der Waals surface area (Å²) in [6.07, 6.45) is 6.48. The highest BCUT2D eigenvalue weighted by Gasteiger charge is 2.27. The number of rotatable bonds is 6. The van der Waals surface area contributed by atoms with Gasteiger partial charge in [-0.1, -0.05) is 0 Å². The highest BCUT2D eigenvalue weighted by Crippen LogP contribution is 2.30. The molecule has 0 aromatic rings. The predicted octanol–water partition coefficient (Wildman–Crippen LogP) is 1.17. The molecule has 1 saturated carbocycles. The van der Waals surface area contributed by atoms with Crippen LogP contribution in [0.15, 0.2) is 0 Å². The minimum Gasteiger partial charge on any atom is -0.396 e. The van der Waals surface area contributed by atoms with Crippen LogP contribution in [0.3, 0.4) is 0 Å². The number of likely N-dealkylation sites (tertiary alicyclic amines) is 1. The molecule has 1 N–H and O–H groups in total.